The van der Waals surface area contributed by atoms with Gasteiger partial charge in [0.2, 0.25) is 11.8 Å². The lowest BCUT2D eigenvalue weighted by molar-refractivity contribution is 0.353. The van der Waals surface area contributed by atoms with Gasteiger partial charge < -0.3 is 14.8 Å². The number of nitrogens with zero attached hydrogens (tertiary/aromatic N) is 2. The quantitative estimate of drug-likeness (QED) is 0.915. The molecule has 0 aliphatic carbocycles. The van der Waals surface area contributed by atoms with E-state index in [4.69, 9.17) is 9.47 Å². The SMILES string of the molecule is CNC(c1ccc(C)cc1F)c1ncc(OC)nc1OC. The summed E-state index contributed by atoms with van der Waals surface area (Å²) in [6.45, 7) is 1.84. The second-order valence-corrected chi connectivity index (χ2v) is 4.55. The lowest BCUT2D eigenvalue weighted by atomic mass is 10.0. The fraction of sp³-hybridized carbons (Fsp3) is 0.333. The van der Waals surface area contributed by atoms with Crippen LogP contribution < -0.4 is 14.8 Å². The Kier molecular flexibility index (Phi) is 4.70. The zero-order chi connectivity index (χ0) is 15.4. The van der Waals surface area contributed by atoms with Crippen LogP contribution in [0.4, 0.5) is 4.39 Å². The third kappa shape index (κ3) is 3.11. The third-order valence-corrected chi connectivity index (χ3v) is 3.18. The highest BCUT2D eigenvalue weighted by Crippen LogP contribution is 2.29. The first-order valence-corrected chi connectivity index (χ1v) is 6.49. The van der Waals surface area contributed by atoms with Gasteiger partial charge in [0.25, 0.3) is 0 Å². The first-order chi connectivity index (χ1) is 10.1. The van der Waals surface area contributed by atoms with Crippen LogP contribution in [0.1, 0.15) is 22.9 Å². The monoisotopic (exact) mass is 291 g/mol. The topological polar surface area (TPSA) is 56.3 Å². The van der Waals surface area contributed by atoms with Gasteiger partial charge in [0.15, 0.2) is 0 Å². The maximum Gasteiger partial charge on any atom is 0.240 e. The predicted molar refractivity (Wildman–Crippen MR) is 77.2 cm³/mol. The summed E-state index contributed by atoms with van der Waals surface area (Å²) in [5.41, 5.74) is 1.85. The minimum Gasteiger partial charge on any atom is -0.480 e. The van der Waals surface area contributed by atoms with E-state index in [0.717, 1.165) is 5.56 Å². The van der Waals surface area contributed by atoms with Gasteiger partial charge in [-0.15, -0.1) is 0 Å². The summed E-state index contributed by atoms with van der Waals surface area (Å²) in [4.78, 5) is 8.47. The van der Waals surface area contributed by atoms with Crippen molar-refractivity contribution in [3.8, 4) is 11.8 Å². The number of ether oxygens (including phenoxy) is 2. The van der Waals surface area contributed by atoms with Crippen molar-refractivity contribution in [3.63, 3.8) is 0 Å². The third-order valence-electron chi connectivity index (χ3n) is 3.18. The van der Waals surface area contributed by atoms with Crippen LogP contribution in [0, 0.1) is 12.7 Å². The predicted octanol–water partition coefficient (Wildman–Crippen LogP) is 2.25. The zero-order valence-electron chi connectivity index (χ0n) is 12.5. The van der Waals surface area contributed by atoms with E-state index in [2.05, 4.69) is 15.3 Å². The second kappa shape index (κ2) is 6.49. The van der Waals surface area contributed by atoms with Gasteiger partial charge in [-0.2, -0.15) is 4.98 Å². The average Bonchev–Trinajstić information content (AvgIpc) is 2.50. The number of methoxy groups -OCH3 is 2. The molecule has 112 valence electrons. The van der Waals surface area contributed by atoms with Gasteiger partial charge >= 0.3 is 0 Å². The molecule has 0 saturated carbocycles. The van der Waals surface area contributed by atoms with Gasteiger partial charge in [0, 0.05) is 5.56 Å². The van der Waals surface area contributed by atoms with E-state index in [1.165, 1.54) is 26.5 Å². The molecule has 0 saturated heterocycles. The summed E-state index contributed by atoms with van der Waals surface area (Å²) in [5, 5.41) is 3.04. The number of rotatable bonds is 5. The number of aromatic nitrogens is 2. The van der Waals surface area contributed by atoms with Crippen molar-refractivity contribution in [1.29, 1.82) is 0 Å². The van der Waals surface area contributed by atoms with Crippen LogP contribution >= 0.6 is 0 Å². The van der Waals surface area contributed by atoms with Crippen molar-refractivity contribution >= 4 is 0 Å². The Labute approximate surface area is 123 Å². The second-order valence-electron chi connectivity index (χ2n) is 4.55. The lowest BCUT2D eigenvalue weighted by Crippen LogP contribution is -2.21. The lowest BCUT2D eigenvalue weighted by Gasteiger charge is -2.19. The summed E-state index contributed by atoms with van der Waals surface area (Å²) in [6, 6.07) is 4.62. The molecule has 1 N–H and O–H groups in total. The summed E-state index contributed by atoms with van der Waals surface area (Å²) in [7, 11) is 4.72. The average molecular weight is 291 g/mol. The van der Waals surface area contributed by atoms with Crippen LogP contribution in [-0.4, -0.2) is 31.2 Å². The van der Waals surface area contributed by atoms with E-state index in [9.17, 15) is 4.39 Å². The van der Waals surface area contributed by atoms with Crippen LogP contribution in [0.15, 0.2) is 24.4 Å². The van der Waals surface area contributed by atoms with Crippen molar-refractivity contribution in [2.75, 3.05) is 21.3 Å². The molecule has 6 heteroatoms. The minimum atomic E-state index is -0.459. The van der Waals surface area contributed by atoms with Crippen molar-refractivity contribution in [2.45, 2.75) is 13.0 Å². The molecule has 0 bridgehead atoms. The molecule has 0 aliphatic heterocycles. The Bertz CT molecular complexity index is 634. The Morgan fingerprint density at radius 1 is 1.24 bits per heavy atom. The van der Waals surface area contributed by atoms with E-state index in [1.54, 1.807) is 13.1 Å². The molecule has 0 fully saturated rings. The highest BCUT2D eigenvalue weighted by Gasteiger charge is 2.23. The highest BCUT2D eigenvalue weighted by atomic mass is 19.1. The molecule has 2 rings (SSSR count). The molecule has 0 radical (unpaired) electrons. The van der Waals surface area contributed by atoms with E-state index in [-0.39, 0.29) is 5.82 Å². The van der Waals surface area contributed by atoms with Crippen LogP contribution in [0.5, 0.6) is 11.8 Å². The fourth-order valence-electron chi connectivity index (χ4n) is 2.12. The Morgan fingerprint density at radius 3 is 2.57 bits per heavy atom. The first-order valence-electron chi connectivity index (χ1n) is 6.49. The smallest absolute Gasteiger partial charge is 0.240 e. The summed E-state index contributed by atoms with van der Waals surface area (Å²) in [5.74, 6) is 0.345. The molecular formula is C15H18FN3O2. The van der Waals surface area contributed by atoms with E-state index < -0.39 is 6.04 Å². The largest absolute Gasteiger partial charge is 0.480 e. The van der Waals surface area contributed by atoms with Gasteiger partial charge in [-0.1, -0.05) is 12.1 Å². The molecule has 1 unspecified atom stereocenters. The first kappa shape index (κ1) is 15.2. The number of aryl methyl sites for hydroxylation is 1. The van der Waals surface area contributed by atoms with E-state index in [1.807, 2.05) is 13.0 Å². The number of halogens is 1. The van der Waals surface area contributed by atoms with E-state index >= 15 is 0 Å². The molecule has 2 aromatic rings. The van der Waals surface area contributed by atoms with Crippen LogP contribution in [-0.2, 0) is 0 Å². The Morgan fingerprint density at radius 2 is 2.00 bits per heavy atom. The maximum absolute atomic E-state index is 14.2. The molecule has 1 heterocycles. The number of nitrogens with one attached hydrogen (secondary N) is 1. The Balaban J connectivity index is 2.50. The van der Waals surface area contributed by atoms with Gasteiger partial charge in [0.1, 0.15) is 11.5 Å². The van der Waals surface area contributed by atoms with Gasteiger partial charge in [-0.25, -0.2) is 9.37 Å². The summed E-state index contributed by atoms with van der Waals surface area (Å²) in [6.07, 6.45) is 1.48. The summed E-state index contributed by atoms with van der Waals surface area (Å²) < 4.78 is 24.5. The van der Waals surface area contributed by atoms with Crippen molar-refractivity contribution in [3.05, 3.63) is 47.0 Å². The standard InChI is InChI=1S/C15H18FN3O2/c1-9-5-6-10(11(16)7-9)13(17-2)14-15(21-4)19-12(20-3)8-18-14/h5-8,13,17H,1-4H3. The molecular weight excluding hydrogens is 273 g/mol. The van der Waals surface area contributed by atoms with Crippen molar-refractivity contribution in [1.82, 2.24) is 15.3 Å². The van der Waals surface area contributed by atoms with Gasteiger partial charge in [-0.3, -0.25) is 0 Å². The number of benzene rings is 1. The minimum absolute atomic E-state index is 0.297. The molecule has 1 aromatic carbocycles. The highest BCUT2D eigenvalue weighted by molar-refractivity contribution is 5.36. The molecule has 0 amide bonds. The maximum atomic E-state index is 14.2. The van der Waals surface area contributed by atoms with Crippen LogP contribution in [0.3, 0.4) is 0 Å². The Hall–Kier alpha value is -2.21. The summed E-state index contributed by atoms with van der Waals surface area (Å²) >= 11 is 0. The van der Waals surface area contributed by atoms with Crippen LogP contribution in [0.2, 0.25) is 0 Å². The number of hydrogen-bond acceptors (Lipinski definition) is 5. The molecule has 5 nitrogen and oxygen atoms in total. The van der Waals surface area contributed by atoms with Crippen molar-refractivity contribution in [2.24, 2.45) is 0 Å². The van der Waals surface area contributed by atoms with Crippen molar-refractivity contribution < 1.29 is 13.9 Å². The normalized spacial score (nSPS) is 12.0. The number of hydrogen-bond donors (Lipinski definition) is 1. The molecule has 1 atom stereocenters. The molecule has 1 aromatic heterocycles. The van der Waals surface area contributed by atoms with Crippen LogP contribution in [0.25, 0.3) is 0 Å². The molecule has 21 heavy (non-hydrogen) atoms. The van der Waals surface area contributed by atoms with Gasteiger partial charge in [-0.05, 0) is 25.6 Å². The van der Waals surface area contributed by atoms with Gasteiger partial charge in [0.05, 0.1) is 26.5 Å². The van der Waals surface area contributed by atoms with E-state index in [0.29, 0.717) is 23.0 Å². The molecule has 0 aliphatic rings. The molecule has 0 spiro atoms. The zero-order valence-corrected chi connectivity index (χ0v) is 12.5. The fourth-order valence-corrected chi connectivity index (χ4v) is 2.12.